The maximum Gasteiger partial charge on any atom is 0.308 e. The first-order valence-corrected chi connectivity index (χ1v) is 4.30. The van der Waals surface area contributed by atoms with Gasteiger partial charge in [-0.3, -0.25) is 9.59 Å². The van der Waals surface area contributed by atoms with Crippen LogP contribution in [0.3, 0.4) is 0 Å². The van der Waals surface area contributed by atoms with Gasteiger partial charge in [0.25, 0.3) is 0 Å². The van der Waals surface area contributed by atoms with Crippen molar-refractivity contribution < 1.29 is 19.4 Å². The van der Waals surface area contributed by atoms with Crippen molar-refractivity contribution in [2.75, 3.05) is 0 Å². The predicted molar refractivity (Wildman–Crippen MR) is 45.0 cm³/mol. The van der Waals surface area contributed by atoms with Crippen LogP contribution in [-0.2, 0) is 14.3 Å². The Balaban J connectivity index is 2.69. The minimum atomic E-state index is -1.40. The largest absolute Gasteiger partial charge is 0.462 e. The van der Waals surface area contributed by atoms with Crippen molar-refractivity contribution >= 4 is 11.8 Å². The molecule has 0 aromatic carbocycles. The monoisotopic (exact) mass is 197 g/mol. The second kappa shape index (κ2) is 3.76. The molecule has 14 heavy (non-hydrogen) atoms. The summed E-state index contributed by atoms with van der Waals surface area (Å²) in [4.78, 5) is 21.8. The van der Waals surface area contributed by atoms with E-state index in [4.69, 9.17) is 10.00 Å². The Morgan fingerprint density at radius 2 is 2.50 bits per heavy atom. The molecule has 0 aromatic heterocycles. The van der Waals surface area contributed by atoms with Crippen molar-refractivity contribution in [2.24, 2.45) is 0 Å². The highest BCUT2D eigenvalue weighted by Crippen LogP contribution is 2.28. The molecule has 0 bridgehead atoms. The molecule has 2 unspecified atom stereocenters. The average molecular weight is 197 g/mol. The van der Waals surface area contributed by atoms with Gasteiger partial charge in [0.1, 0.15) is 12.2 Å². The van der Waals surface area contributed by atoms with Crippen molar-refractivity contribution in [3.8, 4) is 6.07 Å². The number of nitrogens with zero attached hydrogens (tertiary/aromatic N) is 1. The quantitative estimate of drug-likeness (QED) is 0.494. The van der Waals surface area contributed by atoms with E-state index in [1.807, 2.05) is 0 Å². The molecule has 1 N–H and O–H groups in total. The van der Waals surface area contributed by atoms with Crippen molar-refractivity contribution in [1.82, 2.24) is 0 Å². The van der Waals surface area contributed by atoms with E-state index < -0.39 is 23.5 Å². The van der Waals surface area contributed by atoms with Crippen molar-refractivity contribution in [1.29, 1.82) is 5.26 Å². The van der Waals surface area contributed by atoms with E-state index in [0.717, 1.165) is 0 Å². The van der Waals surface area contributed by atoms with Gasteiger partial charge in [-0.15, -0.1) is 0 Å². The lowest BCUT2D eigenvalue weighted by atomic mass is 9.86. The highest BCUT2D eigenvalue weighted by Gasteiger charge is 2.39. The smallest absolute Gasteiger partial charge is 0.308 e. The number of hydrogen-bond donors (Lipinski definition) is 1. The second-order valence-corrected chi connectivity index (χ2v) is 3.62. The molecule has 0 spiro atoms. The van der Waals surface area contributed by atoms with Crippen LogP contribution in [0.1, 0.15) is 26.2 Å². The molecule has 1 saturated heterocycles. The number of nitriles is 1. The molecule has 0 saturated carbocycles. The first kappa shape index (κ1) is 10.7. The number of carbonyl (C=O) groups is 2. The van der Waals surface area contributed by atoms with Gasteiger partial charge in [0.05, 0.1) is 18.4 Å². The second-order valence-electron chi connectivity index (χ2n) is 3.62. The van der Waals surface area contributed by atoms with Gasteiger partial charge >= 0.3 is 5.97 Å². The highest BCUT2D eigenvalue weighted by atomic mass is 16.5. The summed E-state index contributed by atoms with van der Waals surface area (Å²) in [7, 11) is 0. The van der Waals surface area contributed by atoms with Gasteiger partial charge in [-0.1, -0.05) is 0 Å². The Hall–Kier alpha value is -1.41. The Morgan fingerprint density at radius 3 is 3.00 bits per heavy atom. The van der Waals surface area contributed by atoms with E-state index in [0.29, 0.717) is 0 Å². The fourth-order valence-corrected chi connectivity index (χ4v) is 1.66. The summed E-state index contributed by atoms with van der Waals surface area (Å²) in [5.74, 6) is -1.24. The van der Waals surface area contributed by atoms with Crippen molar-refractivity contribution in [3.05, 3.63) is 0 Å². The first-order valence-electron chi connectivity index (χ1n) is 4.30. The summed E-state index contributed by atoms with van der Waals surface area (Å²) in [6.45, 7) is 1.64. The molecule has 1 aliphatic rings. The SMILES string of the molecule is CC1CC(O)(CC(=O)C#N)CC(=O)O1. The van der Waals surface area contributed by atoms with Crippen LogP contribution < -0.4 is 0 Å². The van der Waals surface area contributed by atoms with Crippen LogP contribution >= 0.6 is 0 Å². The number of esters is 1. The predicted octanol–water partition coefficient (Wildman–Crippen LogP) is -0.0742. The topological polar surface area (TPSA) is 87.4 Å². The van der Waals surface area contributed by atoms with Crippen LogP contribution in [0, 0.1) is 11.3 Å². The number of cyclic esters (lactones) is 1. The van der Waals surface area contributed by atoms with Crippen LogP contribution in [-0.4, -0.2) is 28.6 Å². The van der Waals surface area contributed by atoms with Crippen LogP contribution in [0.25, 0.3) is 0 Å². The van der Waals surface area contributed by atoms with E-state index >= 15 is 0 Å². The first-order chi connectivity index (χ1) is 6.45. The molecule has 1 aliphatic heterocycles. The Bertz CT molecular complexity index is 306. The lowest BCUT2D eigenvalue weighted by Crippen LogP contribution is -2.43. The molecule has 5 nitrogen and oxygen atoms in total. The standard InChI is InChI=1S/C9H11NO4/c1-6-2-9(13,3-7(11)5-10)4-8(12)14-6/h6,13H,2-4H2,1H3. The number of carbonyl (C=O) groups excluding carboxylic acids is 2. The molecule has 0 aliphatic carbocycles. The van der Waals surface area contributed by atoms with Crippen LogP contribution in [0.4, 0.5) is 0 Å². The van der Waals surface area contributed by atoms with Crippen molar-refractivity contribution in [2.45, 2.75) is 37.9 Å². The van der Waals surface area contributed by atoms with Gasteiger partial charge in [-0.25, -0.2) is 0 Å². The molecular formula is C9H11NO4. The minimum absolute atomic E-state index is 0.201. The Morgan fingerprint density at radius 1 is 1.86 bits per heavy atom. The van der Waals surface area contributed by atoms with Crippen molar-refractivity contribution in [3.63, 3.8) is 0 Å². The van der Waals surface area contributed by atoms with E-state index in [1.54, 1.807) is 6.92 Å². The number of Topliss-reactive ketones (excluding diaryl/α,β-unsaturated/α-hetero) is 1. The third-order valence-corrected chi connectivity index (χ3v) is 2.09. The number of hydrogen-bond acceptors (Lipinski definition) is 5. The normalized spacial score (nSPS) is 31.8. The van der Waals surface area contributed by atoms with Gasteiger partial charge in [-0.05, 0) is 6.92 Å². The zero-order valence-corrected chi connectivity index (χ0v) is 7.82. The van der Waals surface area contributed by atoms with E-state index in [-0.39, 0.29) is 19.3 Å². The molecule has 1 heterocycles. The molecule has 5 heteroatoms. The van der Waals surface area contributed by atoms with Gasteiger partial charge in [0, 0.05) is 6.42 Å². The maximum absolute atomic E-state index is 11.0. The summed E-state index contributed by atoms with van der Waals surface area (Å²) in [6.07, 6.45) is -0.729. The molecule has 0 aromatic rings. The summed E-state index contributed by atoms with van der Waals surface area (Å²) >= 11 is 0. The zero-order valence-electron chi connectivity index (χ0n) is 7.82. The molecule has 0 radical (unpaired) electrons. The van der Waals surface area contributed by atoms with Crippen LogP contribution in [0.5, 0.6) is 0 Å². The fraction of sp³-hybridized carbons (Fsp3) is 0.667. The minimum Gasteiger partial charge on any atom is -0.462 e. The van der Waals surface area contributed by atoms with Crippen LogP contribution in [0.2, 0.25) is 0 Å². The van der Waals surface area contributed by atoms with E-state index in [2.05, 4.69) is 0 Å². The average Bonchev–Trinajstić information content (AvgIpc) is 2.00. The lowest BCUT2D eigenvalue weighted by molar-refractivity contribution is -0.169. The molecule has 2 atom stereocenters. The highest BCUT2D eigenvalue weighted by molar-refractivity contribution is 5.94. The summed E-state index contributed by atoms with van der Waals surface area (Å²) < 4.78 is 4.80. The third-order valence-electron chi connectivity index (χ3n) is 2.09. The van der Waals surface area contributed by atoms with Gasteiger partial charge < -0.3 is 9.84 Å². The molecule has 0 amide bonds. The van der Waals surface area contributed by atoms with Gasteiger partial charge in [0.2, 0.25) is 5.78 Å². The third kappa shape index (κ3) is 2.54. The van der Waals surface area contributed by atoms with E-state index in [1.165, 1.54) is 6.07 Å². The molecule has 76 valence electrons. The van der Waals surface area contributed by atoms with Gasteiger partial charge in [0.15, 0.2) is 0 Å². The van der Waals surface area contributed by atoms with Gasteiger partial charge in [-0.2, -0.15) is 5.26 Å². The van der Waals surface area contributed by atoms with E-state index in [9.17, 15) is 14.7 Å². The van der Waals surface area contributed by atoms with Crippen LogP contribution in [0.15, 0.2) is 0 Å². The molecule has 1 fully saturated rings. The molecular weight excluding hydrogens is 186 g/mol. The Labute approximate surface area is 81.3 Å². The number of ketones is 1. The summed E-state index contributed by atoms with van der Waals surface area (Å²) in [6, 6.07) is 1.42. The summed E-state index contributed by atoms with van der Waals surface area (Å²) in [5.41, 5.74) is -1.40. The summed E-state index contributed by atoms with van der Waals surface area (Å²) in [5, 5.41) is 18.1. The Kier molecular flexibility index (Phi) is 2.87. The number of rotatable bonds is 2. The fourth-order valence-electron chi connectivity index (χ4n) is 1.66. The molecule has 1 rings (SSSR count). The maximum atomic E-state index is 11.0. The number of ether oxygens (including phenoxy) is 1. The lowest BCUT2D eigenvalue weighted by Gasteiger charge is -2.33. The zero-order chi connectivity index (χ0) is 10.8. The number of aliphatic hydroxyl groups is 1.